The van der Waals surface area contributed by atoms with Gasteiger partial charge in [0.1, 0.15) is 0 Å². The number of ether oxygens (including phenoxy) is 1. The summed E-state index contributed by atoms with van der Waals surface area (Å²) < 4.78 is 33.8. The minimum absolute atomic E-state index is 0.436. The lowest BCUT2D eigenvalue weighted by molar-refractivity contribution is 0.150. The highest BCUT2D eigenvalue weighted by Gasteiger charge is 2.34. The van der Waals surface area contributed by atoms with Crippen LogP contribution >= 0.6 is 0 Å². The Bertz CT molecular complexity index is 394. The fourth-order valence-electron chi connectivity index (χ4n) is 2.94. The minimum atomic E-state index is -3.27. The van der Waals surface area contributed by atoms with Gasteiger partial charge in [0, 0.05) is 53.0 Å². The Balaban J connectivity index is 1.94. The van der Waals surface area contributed by atoms with Crippen LogP contribution in [-0.4, -0.2) is 82.0 Å². The van der Waals surface area contributed by atoms with Crippen molar-refractivity contribution in [2.24, 2.45) is 5.92 Å². The molecule has 7 heteroatoms. The molecule has 2 saturated heterocycles. The topological polar surface area (TPSA) is 53.1 Å². The molecule has 0 aromatic rings. The van der Waals surface area contributed by atoms with Gasteiger partial charge in [0.15, 0.2) is 0 Å². The number of hydrogen-bond acceptors (Lipinski definition) is 4. The van der Waals surface area contributed by atoms with Crippen molar-refractivity contribution in [3.05, 3.63) is 0 Å². The second-order valence-corrected chi connectivity index (χ2v) is 7.79. The summed E-state index contributed by atoms with van der Waals surface area (Å²) in [5, 5.41) is 0. The Morgan fingerprint density at radius 1 is 1.10 bits per heavy atom. The molecule has 2 rings (SSSR count). The average Bonchev–Trinajstić information content (AvgIpc) is 2.46. The molecule has 1 unspecified atom stereocenters. The molecule has 0 aromatic heterocycles. The maximum atomic E-state index is 12.7. The van der Waals surface area contributed by atoms with Crippen LogP contribution in [0.2, 0.25) is 0 Å². The van der Waals surface area contributed by atoms with E-state index < -0.39 is 10.2 Å². The lowest BCUT2D eigenvalue weighted by Crippen LogP contribution is -2.54. The van der Waals surface area contributed by atoms with Gasteiger partial charge >= 0.3 is 0 Å². The summed E-state index contributed by atoms with van der Waals surface area (Å²) in [7, 11) is 0.462. The molecule has 0 spiro atoms. The van der Waals surface area contributed by atoms with E-state index in [1.54, 1.807) is 15.7 Å². The third kappa shape index (κ3) is 3.92. The maximum Gasteiger partial charge on any atom is 0.282 e. The zero-order chi connectivity index (χ0) is 14.6. The monoisotopic (exact) mass is 305 g/mol. The third-order valence-electron chi connectivity index (χ3n) is 4.33. The zero-order valence-corrected chi connectivity index (χ0v) is 13.4. The Morgan fingerprint density at radius 3 is 2.45 bits per heavy atom. The number of piperidine rings is 1. The fourth-order valence-corrected chi connectivity index (χ4v) is 4.65. The fraction of sp³-hybridized carbons (Fsp3) is 1.00. The molecule has 2 aliphatic heterocycles. The molecule has 2 fully saturated rings. The van der Waals surface area contributed by atoms with Crippen molar-refractivity contribution < 1.29 is 13.2 Å². The first kappa shape index (κ1) is 16.2. The van der Waals surface area contributed by atoms with E-state index in [0.29, 0.717) is 38.7 Å². The summed E-state index contributed by atoms with van der Waals surface area (Å²) in [5.74, 6) is 0.436. The van der Waals surface area contributed by atoms with Gasteiger partial charge in [-0.25, -0.2) is 0 Å². The molecule has 20 heavy (non-hydrogen) atoms. The van der Waals surface area contributed by atoms with Crippen molar-refractivity contribution in [1.82, 2.24) is 13.5 Å². The van der Waals surface area contributed by atoms with Crippen LogP contribution in [0.15, 0.2) is 0 Å². The number of piperazine rings is 1. The molecular formula is C13H27N3O3S. The number of methoxy groups -OCH3 is 1. The highest BCUT2D eigenvalue weighted by atomic mass is 32.2. The smallest absolute Gasteiger partial charge is 0.282 e. The normalized spacial score (nSPS) is 27.8. The van der Waals surface area contributed by atoms with Crippen molar-refractivity contribution in [2.45, 2.75) is 19.3 Å². The Morgan fingerprint density at radius 2 is 1.80 bits per heavy atom. The molecule has 0 N–H and O–H groups in total. The van der Waals surface area contributed by atoms with Crippen LogP contribution in [0.1, 0.15) is 19.3 Å². The van der Waals surface area contributed by atoms with Crippen LogP contribution in [0.25, 0.3) is 0 Å². The van der Waals surface area contributed by atoms with Crippen LogP contribution in [0.4, 0.5) is 0 Å². The number of rotatable bonds is 5. The quantitative estimate of drug-likeness (QED) is 0.729. The highest BCUT2D eigenvalue weighted by Crippen LogP contribution is 2.23. The molecule has 2 heterocycles. The van der Waals surface area contributed by atoms with Crippen molar-refractivity contribution in [3.63, 3.8) is 0 Å². The third-order valence-corrected chi connectivity index (χ3v) is 6.33. The highest BCUT2D eigenvalue weighted by molar-refractivity contribution is 7.86. The van der Waals surface area contributed by atoms with Gasteiger partial charge < -0.3 is 9.64 Å². The van der Waals surface area contributed by atoms with Gasteiger partial charge in [-0.3, -0.25) is 0 Å². The van der Waals surface area contributed by atoms with Crippen LogP contribution in [-0.2, 0) is 14.9 Å². The van der Waals surface area contributed by atoms with Crippen LogP contribution < -0.4 is 0 Å². The van der Waals surface area contributed by atoms with Gasteiger partial charge in [0.05, 0.1) is 0 Å². The first-order valence-corrected chi connectivity index (χ1v) is 8.86. The van der Waals surface area contributed by atoms with Crippen molar-refractivity contribution in [1.29, 1.82) is 0 Å². The lowest BCUT2D eigenvalue weighted by atomic mass is 9.97. The molecule has 2 aliphatic rings. The average molecular weight is 305 g/mol. The molecule has 0 aliphatic carbocycles. The van der Waals surface area contributed by atoms with Gasteiger partial charge in [-0.15, -0.1) is 0 Å². The largest absolute Gasteiger partial charge is 0.385 e. The van der Waals surface area contributed by atoms with E-state index in [-0.39, 0.29) is 0 Å². The summed E-state index contributed by atoms with van der Waals surface area (Å²) in [5.41, 5.74) is 0. The van der Waals surface area contributed by atoms with E-state index in [1.165, 1.54) is 0 Å². The summed E-state index contributed by atoms with van der Waals surface area (Å²) in [6.07, 6.45) is 3.02. The molecule has 0 amide bonds. The van der Waals surface area contributed by atoms with E-state index in [1.807, 2.05) is 7.05 Å². The van der Waals surface area contributed by atoms with E-state index in [4.69, 9.17) is 4.74 Å². The number of hydrogen-bond donors (Lipinski definition) is 0. The summed E-state index contributed by atoms with van der Waals surface area (Å²) in [4.78, 5) is 2.17. The Kier molecular flexibility index (Phi) is 5.80. The van der Waals surface area contributed by atoms with Crippen molar-refractivity contribution >= 4 is 10.2 Å². The molecule has 0 saturated carbocycles. The van der Waals surface area contributed by atoms with E-state index in [9.17, 15) is 8.42 Å². The van der Waals surface area contributed by atoms with Crippen molar-refractivity contribution in [3.8, 4) is 0 Å². The zero-order valence-electron chi connectivity index (χ0n) is 12.6. The van der Waals surface area contributed by atoms with Gasteiger partial charge in [0.2, 0.25) is 0 Å². The summed E-state index contributed by atoms with van der Waals surface area (Å²) in [6, 6.07) is 0. The molecule has 1 atom stereocenters. The SMILES string of the molecule is COCCC1CCCN(S(=O)(=O)N2CCN(C)CC2)C1. The molecule has 0 aromatic carbocycles. The van der Waals surface area contributed by atoms with Crippen LogP contribution in [0, 0.1) is 5.92 Å². The second-order valence-electron chi connectivity index (χ2n) is 5.86. The molecule has 0 radical (unpaired) electrons. The van der Waals surface area contributed by atoms with Crippen LogP contribution in [0.3, 0.4) is 0 Å². The predicted molar refractivity (Wildman–Crippen MR) is 78.8 cm³/mol. The van der Waals surface area contributed by atoms with E-state index >= 15 is 0 Å². The van der Waals surface area contributed by atoms with E-state index in [0.717, 1.165) is 32.4 Å². The maximum absolute atomic E-state index is 12.7. The predicted octanol–water partition coefficient (Wildman–Crippen LogP) is 0.227. The number of likely N-dealkylation sites (N-methyl/N-ethyl adjacent to an activating group) is 1. The van der Waals surface area contributed by atoms with Gasteiger partial charge in [-0.1, -0.05) is 0 Å². The molecule has 0 bridgehead atoms. The summed E-state index contributed by atoms with van der Waals surface area (Å²) >= 11 is 0. The minimum Gasteiger partial charge on any atom is -0.385 e. The standard InChI is InChI=1S/C13H27N3O3S/c1-14-7-9-15(10-8-14)20(17,18)16-6-3-4-13(12-16)5-11-19-2/h13H,3-12H2,1-2H3. The van der Waals surface area contributed by atoms with Gasteiger partial charge in [0.25, 0.3) is 10.2 Å². The Hall–Kier alpha value is -0.210. The summed E-state index contributed by atoms with van der Waals surface area (Å²) in [6.45, 7) is 4.89. The molecule has 118 valence electrons. The first-order valence-electron chi connectivity index (χ1n) is 7.46. The van der Waals surface area contributed by atoms with Gasteiger partial charge in [-0.2, -0.15) is 17.0 Å². The second kappa shape index (κ2) is 7.17. The molecule has 6 nitrogen and oxygen atoms in total. The van der Waals surface area contributed by atoms with Crippen molar-refractivity contribution in [2.75, 3.05) is 60.0 Å². The first-order chi connectivity index (χ1) is 9.54. The Labute approximate surface area is 122 Å². The number of nitrogens with zero attached hydrogens (tertiary/aromatic N) is 3. The lowest BCUT2D eigenvalue weighted by Gasteiger charge is -2.38. The molecular weight excluding hydrogens is 278 g/mol. The van der Waals surface area contributed by atoms with Crippen LogP contribution in [0.5, 0.6) is 0 Å². The van der Waals surface area contributed by atoms with Gasteiger partial charge in [-0.05, 0) is 32.2 Å². The van der Waals surface area contributed by atoms with E-state index in [2.05, 4.69) is 4.90 Å².